The zero-order chi connectivity index (χ0) is 24.4. The van der Waals surface area contributed by atoms with Crippen LogP contribution in [0.1, 0.15) is 12.5 Å². The summed E-state index contributed by atoms with van der Waals surface area (Å²) in [5.41, 5.74) is 1.69. The van der Waals surface area contributed by atoms with E-state index in [1.807, 2.05) is 0 Å². The van der Waals surface area contributed by atoms with E-state index in [1.54, 1.807) is 23.0 Å². The zero-order valence-electron chi connectivity index (χ0n) is 17.7. The Hall–Kier alpha value is -2.20. The summed E-state index contributed by atoms with van der Waals surface area (Å²) in [7, 11) is 50.0. The molecule has 0 saturated heterocycles. The Balaban J connectivity index is 1.82. The van der Waals surface area contributed by atoms with Gasteiger partial charge in [0.1, 0.15) is 18.7 Å². The van der Waals surface area contributed by atoms with Crippen molar-refractivity contribution in [3.05, 3.63) is 31.0 Å². The largest absolute Gasteiger partial charge is 0.376 e. The van der Waals surface area contributed by atoms with E-state index in [0.29, 0.717) is 22.3 Å². The molecule has 1 fully saturated rings. The van der Waals surface area contributed by atoms with E-state index in [-0.39, 0.29) is 13.2 Å². The fraction of sp³-hybridized carbons (Fsp3) is 0.444. The fourth-order valence-corrected chi connectivity index (χ4v) is 4.71. The molecular weight excluding hydrogens is 403 g/mol. The highest BCUT2D eigenvalue weighted by atomic mass is 16.3. The molecular formula is C18H12B8N6O. The number of nitrogens with zero attached hydrogens (tertiary/aromatic N) is 6. The lowest BCUT2D eigenvalue weighted by atomic mass is 9.17. The second-order valence-electron chi connectivity index (χ2n) is 8.61. The third-order valence-electron chi connectivity index (χ3n) is 6.76. The van der Waals surface area contributed by atoms with Crippen LogP contribution in [0.3, 0.4) is 0 Å². The van der Waals surface area contributed by atoms with Crippen LogP contribution < -0.4 is 0 Å². The molecule has 1 aliphatic rings. The highest BCUT2D eigenvalue weighted by Crippen LogP contribution is 2.80. The van der Waals surface area contributed by atoms with Crippen molar-refractivity contribution in [2.24, 2.45) is 5.92 Å². The topological polar surface area (TPSA) is 92.5 Å². The highest BCUT2D eigenvalue weighted by Gasteiger charge is 2.65. The lowest BCUT2D eigenvalue weighted by molar-refractivity contribution is 0.215. The van der Waals surface area contributed by atoms with Crippen LogP contribution in [0.15, 0.2) is 31.0 Å². The first-order valence-electron chi connectivity index (χ1n) is 9.96. The standard InChI is InChI=1S/C18H12B8N6O/c19-15(20)13(16(21,22)18(25,26)17(15,23)24)11(1-3-27)32-6-9(5-30-32)12-10-2-4-31(8-33)14(10)29-7-28-12/h2,4-7,11,13,33H,1,8H2/t11-/m1/s1. The van der Waals surface area contributed by atoms with Gasteiger partial charge >= 0.3 is 0 Å². The van der Waals surface area contributed by atoms with Crippen LogP contribution in [-0.4, -0.2) is 92.2 Å². The van der Waals surface area contributed by atoms with Crippen molar-refractivity contribution < 1.29 is 5.11 Å². The van der Waals surface area contributed by atoms with Gasteiger partial charge in [-0.25, -0.2) is 9.97 Å². The van der Waals surface area contributed by atoms with Crippen LogP contribution in [-0.2, 0) is 6.73 Å². The minimum atomic E-state index is -2.08. The van der Waals surface area contributed by atoms with Crippen LogP contribution in [0.2, 0.25) is 20.9 Å². The Bertz CT molecular complexity index is 1220. The molecule has 144 valence electrons. The average molecular weight is 415 g/mol. The summed E-state index contributed by atoms with van der Waals surface area (Å²) in [6, 6.07) is 2.95. The van der Waals surface area contributed by atoms with Gasteiger partial charge in [0, 0.05) is 23.3 Å². The molecule has 4 rings (SSSR count). The number of hydrogen-bond acceptors (Lipinski definition) is 5. The van der Waals surface area contributed by atoms with E-state index in [2.05, 4.69) is 21.1 Å². The molecule has 16 radical (unpaired) electrons. The van der Waals surface area contributed by atoms with E-state index in [4.69, 9.17) is 62.8 Å². The molecule has 1 N–H and O–H groups in total. The van der Waals surface area contributed by atoms with E-state index in [0.717, 1.165) is 0 Å². The maximum atomic E-state index is 9.53. The second-order valence-corrected chi connectivity index (χ2v) is 8.61. The molecule has 0 aromatic carbocycles. The quantitative estimate of drug-likeness (QED) is 0.549. The Morgan fingerprint density at radius 3 is 2.27 bits per heavy atom. The number of fused-ring (bicyclic) bond motifs is 1. The van der Waals surface area contributed by atoms with Gasteiger partial charge < -0.3 is 9.67 Å². The molecule has 0 amide bonds. The van der Waals surface area contributed by atoms with Crippen molar-refractivity contribution in [2.45, 2.75) is 40.0 Å². The Morgan fingerprint density at radius 1 is 1.06 bits per heavy atom. The van der Waals surface area contributed by atoms with Crippen molar-refractivity contribution in [1.82, 2.24) is 24.3 Å². The lowest BCUT2D eigenvalue weighted by Crippen LogP contribution is -2.39. The molecule has 0 spiro atoms. The first-order chi connectivity index (χ1) is 15.3. The molecule has 0 aliphatic heterocycles. The Morgan fingerprint density at radius 2 is 1.70 bits per heavy atom. The Kier molecular flexibility index (Phi) is 5.56. The number of hydrogen-bond donors (Lipinski definition) is 1. The van der Waals surface area contributed by atoms with Crippen LogP contribution in [0.4, 0.5) is 0 Å². The molecule has 1 atom stereocenters. The molecule has 3 aromatic rings. The summed E-state index contributed by atoms with van der Waals surface area (Å²) in [5, 5.41) is 16.0. The maximum Gasteiger partial charge on any atom is 0.145 e. The summed E-state index contributed by atoms with van der Waals surface area (Å²) in [6.45, 7) is -0.241. The minimum absolute atomic E-state index is 0.148. The molecule has 3 heterocycles. The highest BCUT2D eigenvalue weighted by molar-refractivity contribution is 6.68. The number of aromatic nitrogens is 5. The normalized spacial score (nSPS) is 21.6. The third-order valence-corrected chi connectivity index (χ3v) is 6.76. The van der Waals surface area contributed by atoms with E-state index in [1.165, 1.54) is 17.2 Å². The average Bonchev–Trinajstić information content (AvgIpc) is 3.40. The van der Waals surface area contributed by atoms with E-state index in [9.17, 15) is 10.4 Å². The zero-order valence-corrected chi connectivity index (χ0v) is 17.7. The van der Waals surface area contributed by atoms with Crippen molar-refractivity contribution in [2.75, 3.05) is 0 Å². The minimum Gasteiger partial charge on any atom is -0.376 e. The van der Waals surface area contributed by atoms with Crippen molar-refractivity contribution >= 4 is 73.8 Å². The lowest BCUT2D eigenvalue weighted by Gasteiger charge is -2.51. The van der Waals surface area contributed by atoms with Gasteiger partial charge in [-0.15, -0.1) is 20.9 Å². The van der Waals surface area contributed by atoms with Crippen LogP contribution in [0.25, 0.3) is 22.3 Å². The van der Waals surface area contributed by atoms with Gasteiger partial charge in [-0.05, 0) is 12.0 Å². The predicted molar refractivity (Wildman–Crippen MR) is 131 cm³/mol. The second kappa shape index (κ2) is 7.66. The Labute approximate surface area is 202 Å². The third kappa shape index (κ3) is 3.13. The number of aliphatic hydroxyl groups excluding tert-OH is 1. The van der Waals surface area contributed by atoms with Gasteiger partial charge in [-0.1, -0.05) is 0 Å². The summed E-state index contributed by atoms with van der Waals surface area (Å²) < 4.78 is 3.00. The van der Waals surface area contributed by atoms with Crippen molar-refractivity contribution in [3.8, 4) is 17.3 Å². The molecule has 1 saturated carbocycles. The first-order valence-corrected chi connectivity index (χ1v) is 9.96. The first kappa shape index (κ1) is 23.9. The predicted octanol–water partition coefficient (Wildman–Crippen LogP) is -0.858. The molecule has 7 nitrogen and oxygen atoms in total. The van der Waals surface area contributed by atoms with Crippen LogP contribution in [0.5, 0.6) is 0 Å². The fourth-order valence-electron chi connectivity index (χ4n) is 4.71. The molecule has 15 heteroatoms. The smallest absolute Gasteiger partial charge is 0.145 e. The molecule has 0 bridgehead atoms. The van der Waals surface area contributed by atoms with Gasteiger partial charge in [-0.2, -0.15) is 10.4 Å². The van der Waals surface area contributed by atoms with E-state index >= 15 is 0 Å². The number of rotatable bonds is 5. The molecule has 3 aromatic heterocycles. The molecule has 0 unspecified atom stereocenters. The maximum absolute atomic E-state index is 9.53. The molecule has 33 heavy (non-hydrogen) atoms. The van der Waals surface area contributed by atoms with Gasteiger partial charge in [0.25, 0.3) is 0 Å². The van der Waals surface area contributed by atoms with Crippen LogP contribution >= 0.6 is 0 Å². The monoisotopic (exact) mass is 416 g/mol. The SMILES string of the molecule is [B]C1([B])C([C@@H](CC#N)n2cc(-c3ncnc4c3ccn4CO)cn2)C([B])([B])C([B])([B])C1([B])[B]. The van der Waals surface area contributed by atoms with Crippen molar-refractivity contribution in [3.63, 3.8) is 0 Å². The summed E-state index contributed by atoms with van der Waals surface area (Å²) in [4.78, 5) is 8.54. The summed E-state index contributed by atoms with van der Waals surface area (Å²) in [5.74, 6) is -1.15. The van der Waals surface area contributed by atoms with Crippen molar-refractivity contribution in [1.29, 1.82) is 5.26 Å². The number of nitriles is 1. The van der Waals surface area contributed by atoms with Gasteiger partial charge in [0.15, 0.2) is 0 Å². The molecule has 1 aliphatic carbocycles. The number of aliphatic hydroxyl groups is 1. The summed E-state index contributed by atoms with van der Waals surface area (Å²) >= 11 is 0. The van der Waals surface area contributed by atoms with E-state index < -0.39 is 32.8 Å². The van der Waals surface area contributed by atoms with Gasteiger partial charge in [-0.3, -0.25) is 4.68 Å². The van der Waals surface area contributed by atoms with Crippen LogP contribution in [0, 0.1) is 17.2 Å². The van der Waals surface area contributed by atoms with Gasteiger partial charge in [0.05, 0.1) is 93.2 Å². The van der Waals surface area contributed by atoms with Gasteiger partial charge in [0.2, 0.25) is 0 Å². The summed E-state index contributed by atoms with van der Waals surface area (Å²) in [6.07, 6.45) is 6.08.